The Labute approximate surface area is 204 Å². The summed E-state index contributed by atoms with van der Waals surface area (Å²) >= 11 is 0. The molecule has 3 N–H and O–H groups in total. The van der Waals surface area contributed by atoms with Crippen molar-refractivity contribution in [1.82, 2.24) is 9.88 Å². The molecule has 182 valence electrons. The van der Waals surface area contributed by atoms with Gasteiger partial charge in [0.2, 0.25) is 0 Å². The van der Waals surface area contributed by atoms with E-state index in [0.717, 1.165) is 11.1 Å². The number of aliphatic imine (C=N–C) groups is 1. The Bertz CT molecular complexity index is 1420. The first kappa shape index (κ1) is 24.4. The van der Waals surface area contributed by atoms with Crippen molar-refractivity contribution in [1.29, 1.82) is 0 Å². The smallest absolute Gasteiger partial charge is 0.267 e. The number of aromatic nitrogens is 1. The van der Waals surface area contributed by atoms with E-state index in [2.05, 4.69) is 9.98 Å². The quantitative estimate of drug-likeness (QED) is 0.482. The number of carbonyl (C=O) groups is 1. The van der Waals surface area contributed by atoms with Crippen LogP contribution in [0.4, 0.5) is 0 Å². The molecule has 3 aromatic rings. The molecule has 0 fully saturated rings. The number of amides is 1. The Morgan fingerprint density at radius 1 is 1.09 bits per heavy atom. The third kappa shape index (κ3) is 4.50. The van der Waals surface area contributed by atoms with Crippen molar-refractivity contribution in [3.05, 3.63) is 83.7 Å². The van der Waals surface area contributed by atoms with Crippen LogP contribution in [0.25, 0.3) is 11.1 Å². The van der Waals surface area contributed by atoms with E-state index in [1.165, 1.54) is 11.8 Å². The number of likely N-dealkylation sites (N-methyl/N-ethyl adjacent to an activating group) is 1. The summed E-state index contributed by atoms with van der Waals surface area (Å²) in [5.41, 5.74) is 8.01. The molecule has 35 heavy (non-hydrogen) atoms. The van der Waals surface area contributed by atoms with Gasteiger partial charge in [0.1, 0.15) is 5.75 Å². The van der Waals surface area contributed by atoms with Gasteiger partial charge in [0, 0.05) is 18.8 Å². The third-order valence-corrected chi connectivity index (χ3v) is 7.36. The molecule has 1 aliphatic rings. The largest absolute Gasteiger partial charge is 0.495 e. The van der Waals surface area contributed by atoms with Crippen LogP contribution in [0.3, 0.4) is 0 Å². The number of guanidine groups is 1. The molecule has 10 heteroatoms. The van der Waals surface area contributed by atoms with E-state index in [0.29, 0.717) is 22.4 Å². The highest BCUT2D eigenvalue weighted by Gasteiger charge is 2.49. The molecule has 0 saturated heterocycles. The van der Waals surface area contributed by atoms with Gasteiger partial charge < -0.3 is 10.5 Å². The van der Waals surface area contributed by atoms with Gasteiger partial charge in [-0.3, -0.25) is 19.2 Å². The molecular weight excluding hydrogens is 468 g/mol. The third-order valence-electron chi connectivity index (χ3n) is 6.18. The van der Waals surface area contributed by atoms with Crippen LogP contribution >= 0.6 is 0 Å². The normalized spacial score (nSPS) is 18.9. The number of ether oxygens (including phenoxy) is 1. The van der Waals surface area contributed by atoms with Crippen molar-refractivity contribution in [2.45, 2.75) is 24.1 Å². The van der Waals surface area contributed by atoms with E-state index in [9.17, 15) is 17.8 Å². The topological polar surface area (TPSA) is 135 Å². The average Bonchev–Trinajstić information content (AvgIpc) is 3.08. The first-order valence-electron chi connectivity index (χ1n) is 10.9. The number of pyridine rings is 1. The summed E-state index contributed by atoms with van der Waals surface area (Å²) in [5, 5.41) is -1.01. The fraction of sp³-hybridized carbons (Fsp3) is 0.240. The van der Waals surface area contributed by atoms with Crippen molar-refractivity contribution in [3.63, 3.8) is 0 Å². The molecule has 9 nitrogen and oxygen atoms in total. The first-order chi connectivity index (χ1) is 16.6. The fourth-order valence-corrected chi connectivity index (χ4v) is 4.56. The summed E-state index contributed by atoms with van der Waals surface area (Å²) < 4.78 is 37.8. The lowest BCUT2D eigenvalue weighted by Gasteiger charge is -2.27. The molecule has 0 spiro atoms. The van der Waals surface area contributed by atoms with Crippen LogP contribution in [-0.4, -0.2) is 54.1 Å². The number of nitrogens with zero attached hydrogens (tertiary/aromatic N) is 3. The van der Waals surface area contributed by atoms with Crippen molar-refractivity contribution < 1.29 is 22.5 Å². The van der Waals surface area contributed by atoms with Crippen molar-refractivity contribution >= 4 is 22.0 Å². The molecule has 0 saturated carbocycles. The van der Waals surface area contributed by atoms with Gasteiger partial charge in [-0.25, -0.2) is 4.99 Å². The van der Waals surface area contributed by atoms with Crippen molar-refractivity contribution in [2.75, 3.05) is 14.2 Å². The molecule has 2 atom stereocenters. The molecular formula is C25H26N4O5S. The summed E-state index contributed by atoms with van der Waals surface area (Å²) in [6.07, 6.45) is 3.38. The molecule has 1 aliphatic heterocycles. The molecule has 2 aromatic carbocycles. The highest BCUT2D eigenvalue weighted by atomic mass is 32.2. The maximum Gasteiger partial charge on any atom is 0.267 e. The lowest BCUT2D eigenvalue weighted by Crippen LogP contribution is -2.41. The zero-order valence-electron chi connectivity index (χ0n) is 19.5. The van der Waals surface area contributed by atoms with Crippen molar-refractivity contribution in [2.24, 2.45) is 10.7 Å². The average molecular weight is 495 g/mol. The summed E-state index contributed by atoms with van der Waals surface area (Å²) in [6, 6.07) is 16.2. The number of nitrogens with two attached hydrogens (primary N) is 1. The van der Waals surface area contributed by atoms with Gasteiger partial charge >= 0.3 is 0 Å². The predicted molar refractivity (Wildman–Crippen MR) is 133 cm³/mol. The molecule has 4 rings (SSSR count). The van der Waals surface area contributed by atoms with E-state index < -0.39 is 20.9 Å². The number of hydrogen-bond donors (Lipinski definition) is 2. The second-order valence-corrected chi connectivity index (χ2v) is 10.3. The minimum Gasteiger partial charge on any atom is -0.495 e. The number of rotatable bonds is 7. The summed E-state index contributed by atoms with van der Waals surface area (Å²) in [5.74, 6) is 0.332. The van der Waals surface area contributed by atoms with Crippen LogP contribution in [0, 0.1) is 0 Å². The first-order valence-corrected chi connectivity index (χ1v) is 12.4. The minimum atomic E-state index is -4.21. The van der Waals surface area contributed by atoms with Gasteiger partial charge in [-0.15, -0.1) is 0 Å². The van der Waals surface area contributed by atoms with Gasteiger partial charge in [-0.2, -0.15) is 8.42 Å². The van der Waals surface area contributed by atoms with Gasteiger partial charge in [0.05, 0.1) is 18.6 Å². The number of carbonyl (C=O) groups excluding carboxylic acids is 1. The zero-order chi connectivity index (χ0) is 25.4. The van der Waals surface area contributed by atoms with E-state index >= 15 is 0 Å². The van der Waals surface area contributed by atoms with Gasteiger partial charge in [-0.1, -0.05) is 42.5 Å². The maximum absolute atomic E-state index is 13.6. The summed E-state index contributed by atoms with van der Waals surface area (Å²) in [7, 11) is -1.09. The Hall–Kier alpha value is -3.76. The Balaban J connectivity index is 1.86. The van der Waals surface area contributed by atoms with Crippen LogP contribution in [0.15, 0.2) is 72.0 Å². The monoisotopic (exact) mass is 494 g/mol. The van der Waals surface area contributed by atoms with Crippen LogP contribution in [0.5, 0.6) is 5.75 Å². The molecule has 2 unspecified atom stereocenters. The van der Waals surface area contributed by atoms with Crippen LogP contribution in [0.2, 0.25) is 0 Å². The lowest BCUT2D eigenvalue weighted by molar-refractivity contribution is -0.129. The molecule has 0 aliphatic carbocycles. The highest BCUT2D eigenvalue weighted by molar-refractivity contribution is 7.86. The Morgan fingerprint density at radius 2 is 1.77 bits per heavy atom. The molecule has 0 bridgehead atoms. The van der Waals surface area contributed by atoms with Crippen molar-refractivity contribution in [3.8, 4) is 16.9 Å². The SMILES string of the molecule is COc1cncc(-c2cccc(C3(c4cccc(CC(C)S(=O)(=O)O)c4)N=C(N)N(C)C3=O)c2)c1. The lowest BCUT2D eigenvalue weighted by atomic mass is 9.81. The fourth-order valence-electron chi connectivity index (χ4n) is 4.16. The molecule has 1 amide bonds. The number of methoxy groups -OCH3 is 1. The zero-order valence-corrected chi connectivity index (χ0v) is 20.4. The van der Waals surface area contributed by atoms with E-state index in [-0.39, 0.29) is 18.3 Å². The second kappa shape index (κ2) is 9.12. The predicted octanol–water partition coefficient (Wildman–Crippen LogP) is 2.61. The van der Waals surface area contributed by atoms with E-state index in [1.54, 1.807) is 56.9 Å². The van der Waals surface area contributed by atoms with Gasteiger partial charge in [-0.05, 0) is 47.7 Å². The number of benzene rings is 2. The van der Waals surface area contributed by atoms with Crippen LogP contribution in [0.1, 0.15) is 23.6 Å². The highest BCUT2D eigenvalue weighted by Crippen LogP contribution is 2.41. The molecule has 2 heterocycles. The van der Waals surface area contributed by atoms with Gasteiger partial charge in [0.15, 0.2) is 11.5 Å². The van der Waals surface area contributed by atoms with E-state index in [1.807, 2.05) is 24.3 Å². The van der Waals surface area contributed by atoms with Gasteiger partial charge in [0.25, 0.3) is 16.0 Å². The molecule has 0 radical (unpaired) electrons. The Morgan fingerprint density at radius 3 is 2.40 bits per heavy atom. The maximum atomic E-state index is 13.6. The number of hydrogen-bond acceptors (Lipinski definition) is 7. The molecule has 1 aromatic heterocycles. The Kier molecular flexibility index (Phi) is 6.35. The van der Waals surface area contributed by atoms with E-state index in [4.69, 9.17) is 10.5 Å². The second-order valence-electron chi connectivity index (χ2n) is 8.47. The summed E-state index contributed by atoms with van der Waals surface area (Å²) in [4.78, 5) is 23.8. The standard InChI is InChI=1S/C25H26N4O5S/c1-16(35(31,32)33)10-17-6-4-8-20(11-17)25(23(30)29(2)24(26)28-25)21-9-5-7-18(12-21)19-13-22(34-3)15-27-14-19/h4-9,11-16H,10H2,1-3H3,(H2,26,28)(H,31,32,33). The van der Waals surface area contributed by atoms with Crippen LogP contribution < -0.4 is 10.5 Å². The summed E-state index contributed by atoms with van der Waals surface area (Å²) in [6.45, 7) is 1.42. The minimum absolute atomic E-state index is 0.0696. The van der Waals surface area contributed by atoms with Crippen LogP contribution in [-0.2, 0) is 26.9 Å².